The zero-order valence-electron chi connectivity index (χ0n) is 21.2. The number of amides is 2. The number of hydrogen-bond donors (Lipinski definition) is 1. The van der Waals surface area contributed by atoms with E-state index >= 15 is 0 Å². The van der Waals surface area contributed by atoms with Crippen LogP contribution >= 0.6 is 0 Å². The zero-order chi connectivity index (χ0) is 25.5. The summed E-state index contributed by atoms with van der Waals surface area (Å²) in [4.78, 5) is 45.6. The molecule has 194 valence electrons. The number of nitrogens with zero attached hydrogens (tertiary/aromatic N) is 3. The van der Waals surface area contributed by atoms with E-state index in [1.54, 1.807) is 4.90 Å². The fraction of sp³-hybridized carbons (Fsp3) is 0.593. The predicted molar refractivity (Wildman–Crippen MR) is 132 cm³/mol. The second-order valence-corrected chi connectivity index (χ2v) is 9.96. The van der Waals surface area contributed by atoms with Crippen molar-refractivity contribution >= 4 is 17.6 Å². The van der Waals surface area contributed by atoms with Crippen molar-refractivity contribution in [1.82, 2.24) is 20.4 Å². The first-order valence-corrected chi connectivity index (χ1v) is 13.0. The van der Waals surface area contributed by atoms with Gasteiger partial charge in [0.05, 0.1) is 19.3 Å². The number of ketones is 1. The standard InChI is InChI=1S/C27H36N4O5/c1-3-21(24(33)25-29-22(4-2)36-30-25)28-26(34)20(16-23(32)31-12-14-35-15-13-31)18-27(10-11-27)17-19-8-6-5-7-9-19/h5-9,20-21H,3-4,10-18H2,1-2H3,(H,28,34). The Balaban J connectivity index is 1.47. The van der Waals surface area contributed by atoms with Crippen LogP contribution < -0.4 is 5.32 Å². The van der Waals surface area contributed by atoms with Gasteiger partial charge in [0.2, 0.25) is 29.3 Å². The summed E-state index contributed by atoms with van der Waals surface area (Å²) in [7, 11) is 0. The van der Waals surface area contributed by atoms with Gasteiger partial charge in [0.1, 0.15) is 0 Å². The zero-order valence-corrected chi connectivity index (χ0v) is 21.2. The van der Waals surface area contributed by atoms with Gasteiger partial charge in [0, 0.05) is 31.8 Å². The third-order valence-electron chi connectivity index (χ3n) is 7.25. The Hall–Kier alpha value is -3.07. The number of nitrogens with one attached hydrogen (secondary N) is 1. The molecule has 0 bridgehead atoms. The lowest BCUT2D eigenvalue weighted by Gasteiger charge is -2.30. The first kappa shape index (κ1) is 26.0. The van der Waals surface area contributed by atoms with E-state index in [0.29, 0.717) is 51.5 Å². The minimum atomic E-state index is -0.773. The summed E-state index contributed by atoms with van der Waals surface area (Å²) in [5.41, 5.74) is 1.24. The monoisotopic (exact) mass is 496 g/mol. The molecule has 1 aliphatic carbocycles. The predicted octanol–water partition coefficient (Wildman–Crippen LogP) is 2.99. The molecular weight excluding hydrogens is 460 g/mol. The maximum atomic E-state index is 13.6. The van der Waals surface area contributed by atoms with E-state index in [1.807, 2.05) is 32.0 Å². The first-order chi connectivity index (χ1) is 17.4. The van der Waals surface area contributed by atoms with Crippen molar-refractivity contribution in [2.24, 2.45) is 11.3 Å². The Bertz CT molecular complexity index is 1040. The molecule has 2 heterocycles. The van der Waals surface area contributed by atoms with Crippen molar-refractivity contribution in [3.8, 4) is 0 Å². The minimum Gasteiger partial charge on any atom is -0.378 e. The Labute approximate surface area is 212 Å². The molecule has 9 nitrogen and oxygen atoms in total. The van der Waals surface area contributed by atoms with Gasteiger partial charge in [-0.3, -0.25) is 14.4 Å². The topological polar surface area (TPSA) is 115 Å². The molecule has 2 atom stereocenters. The molecule has 2 aromatic rings. The fourth-order valence-electron chi connectivity index (χ4n) is 4.89. The molecule has 4 rings (SSSR count). The molecule has 0 spiro atoms. The number of aromatic nitrogens is 2. The molecule has 2 amide bonds. The second-order valence-electron chi connectivity index (χ2n) is 9.96. The van der Waals surface area contributed by atoms with Crippen molar-refractivity contribution in [2.45, 2.75) is 64.8 Å². The summed E-state index contributed by atoms with van der Waals surface area (Å²) < 4.78 is 10.5. The Kier molecular flexibility index (Phi) is 8.51. The summed E-state index contributed by atoms with van der Waals surface area (Å²) in [5.74, 6) is -0.856. The van der Waals surface area contributed by atoms with Gasteiger partial charge in [-0.05, 0) is 43.1 Å². The highest BCUT2D eigenvalue weighted by atomic mass is 16.5. The van der Waals surface area contributed by atoms with E-state index in [9.17, 15) is 14.4 Å². The summed E-state index contributed by atoms with van der Waals surface area (Å²) in [6.07, 6.45) is 4.57. The van der Waals surface area contributed by atoms with Crippen LogP contribution in [0.5, 0.6) is 0 Å². The van der Waals surface area contributed by atoms with Crippen LogP contribution in [0.1, 0.15) is 68.0 Å². The van der Waals surface area contributed by atoms with Crippen LogP contribution in [-0.2, 0) is 27.2 Å². The molecule has 1 N–H and O–H groups in total. The highest BCUT2D eigenvalue weighted by Crippen LogP contribution is 2.53. The summed E-state index contributed by atoms with van der Waals surface area (Å²) >= 11 is 0. The van der Waals surface area contributed by atoms with E-state index in [1.165, 1.54) is 5.56 Å². The van der Waals surface area contributed by atoms with Crippen molar-refractivity contribution < 1.29 is 23.6 Å². The van der Waals surface area contributed by atoms with E-state index in [4.69, 9.17) is 9.26 Å². The lowest BCUT2D eigenvalue weighted by molar-refractivity contribution is -0.140. The molecule has 1 saturated heterocycles. The van der Waals surface area contributed by atoms with Crippen LogP contribution in [0.25, 0.3) is 0 Å². The number of hydrogen-bond acceptors (Lipinski definition) is 7. The van der Waals surface area contributed by atoms with Gasteiger partial charge in [-0.25, -0.2) is 0 Å². The van der Waals surface area contributed by atoms with Gasteiger partial charge < -0.3 is 19.5 Å². The normalized spacial score (nSPS) is 18.3. The van der Waals surface area contributed by atoms with Crippen LogP contribution in [0.15, 0.2) is 34.9 Å². The molecule has 2 unspecified atom stereocenters. The molecule has 1 aromatic heterocycles. The SMILES string of the molecule is CCc1nc(C(=O)C(CC)NC(=O)C(CC(=O)N2CCOCC2)CC2(Cc3ccccc3)CC2)no1. The van der Waals surface area contributed by atoms with Crippen molar-refractivity contribution in [3.05, 3.63) is 47.6 Å². The molecule has 2 fully saturated rings. The highest BCUT2D eigenvalue weighted by Gasteiger charge is 2.46. The van der Waals surface area contributed by atoms with Gasteiger partial charge in [-0.2, -0.15) is 4.98 Å². The smallest absolute Gasteiger partial charge is 0.240 e. The summed E-state index contributed by atoms with van der Waals surface area (Å²) in [6.45, 7) is 5.79. The number of carbonyl (C=O) groups excluding carboxylic acids is 3. The van der Waals surface area contributed by atoms with E-state index in [0.717, 1.165) is 19.3 Å². The van der Waals surface area contributed by atoms with Crippen LogP contribution in [0.2, 0.25) is 0 Å². The number of Topliss-reactive ketones (excluding diaryl/α,β-unsaturated/α-hetero) is 1. The van der Waals surface area contributed by atoms with Gasteiger partial charge in [-0.1, -0.05) is 49.3 Å². The van der Waals surface area contributed by atoms with Crippen LogP contribution in [0.4, 0.5) is 0 Å². The third kappa shape index (κ3) is 6.57. The quantitative estimate of drug-likeness (QED) is 0.449. The molecule has 36 heavy (non-hydrogen) atoms. The highest BCUT2D eigenvalue weighted by molar-refractivity contribution is 5.99. The third-order valence-corrected chi connectivity index (χ3v) is 7.25. The summed E-state index contributed by atoms with van der Waals surface area (Å²) in [5, 5.41) is 6.68. The lowest BCUT2D eigenvalue weighted by Crippen LogP contribution is -2.46. The van der Waals surface area contributed by atoms with Crippen molar-refractivity contribution in [1.29, 1.82) is 0 Å². The maximum absolute atomic E-state index is 13.6. The molecule has 1 saturated carbocycles. The Morgan fingerprint density at radius 3 is 2.44 bits per heavy atom. The summed E-state index contributed by atoms with van der Waals surface area (Å²) in [6, 6.07) is 9.48. The molecule has 1 aliphatic heterocycles. The van der Waals surface area contributed by atoms with Gasteiger partial charge in [0.25, 0.3) is 0 Å². The van der Waals surface area contributed by atoms with Crippen LogP contribution in [0, 0.1) is 11.3 Å². The Morgan fingerprint density at radius 1 is 1.11 bits per heavy atom. The van der Waals surface area contributed by atoms with Gasteiger partial charge >= 0.3 is 0 Å². The number of benzene rings is 1. The first-order valence-electron chi connectivity index (χ1n) is 13.0. The van der Waals surface area contributed by atoms with Crippen molar-refractivity contribution in [3.63, 3.8) is 0 Å². The molecule has 2 aliphatic rings. The number of morpholine rings is 1. The largest absolute Gasteiger partial charge is 0.378 e. The van der Waals surface area contributed by atoms with E-state index in [2.05, 4.69) is 27.6 Å². The average molecular weight is 497 g/mol. The van der Waals surface area contributed by atoms with Crippen LogP contribution in [-0.4, -0.2) is 65.0 Å². The number of carbonyl (C=O) groups is 3. The van der Waals surface area contributed by atoms with E-state index in [-0.39, 0.29) is 35.3 Å². The number of aryl methyl sites for hydroxylation is 1. The average Bonchev–Trinajstić information content (AvgIpc) is 3.48. The molecule has 0 radical (unpaired) electrons. The fourth-order valence-corrected chi connectivity index (χ4v) is 4.89. The lowest BCUT2D eigenvalue weighted by atomic mass is 9.84. The second kappa shape index (κ2) is 11.8. The number of rotatable bonds is 12. The number of ether oxygens (including phenoxy) is 1. The maximum Gasteiger partial charge on any atom is 0.240 e. The molecular formula is C27H36N4O5. The van der Waals surface area contributed by atoms with Gasteiger partial charge in [-0.15, -0.1) is 0 Å². The molecule has 9 heteroatoms. The molecule has 1 aromatic carbocycles. The van der Waals surface area contributed by atoms with Gasteiger partial charge in [0.15, 0.2) is 0 Å². The Morgan fingerprint density at radius 2 is 1.83 bits per heavy atom. The van der Waals surface area contributed by atoms with Crippen LogP contribution in [0.3, 0.4) is 0 Å². The van der Waals surface area contributed by atoms with E-state index < -0.39 is 12.0 Å². The minimum absolute atomic E-state index is 0.00403. The van der Waals surface area contributed by atoms with Crippen molar-refractivity contribution in [2.75, 3.05) is 26.3 Å².